The third kappa shape index (κ3) is 13.1. The van der Waals surface area contributed by atoms with Crippen molar-refractivity contribution in [2.45, 2.75) is 151 Å². The van der Waals surface area contributed by atoms with Gasteiger partial charge in [-0.3, -0.25) is 38.4 Å². The van der Waals surface area contributed by atoms with Gasteiger partial charge in [-0.1, -0.05) is 160 Å². The molecule has 478 valence electrons. The minimum atomic E-state index is -0.943. The normalized spacial score (nSPS) is 20.9. The van der Waals surface area contributed by atoms with Crippen LogP contribution in [0.2, 0.25) is 0 Å². The van der Waals surface area contributed by atoms with Crippen LogP contribution in [0.25, 0.3) is 33.4 Å². The number of fused-ring (bicyclic) bond motifs is 6. The standard InChI is InChI=1S/C74H84N10O8/c1-43(75-3)67(85)79-63(47-19-7-5-8-20-47)73(91)83-41-51(39-61(83)71(89)81-65-57-27-15-11-23-53(57)54-24-12-16-28-58(54)65)77-69(87)49-35-31-45(32-36-49)46-33-37-50(38-34-46)70(88)78-52-40-62(72(90)82-66-59-29-17-13-25-55(59)56-26-14-18-30-60(56)66)84(42-52)74(92)64(48-21-9-6-10-22-48)80-68(86)44(2)76-4/h11-18,23-38,43-44,47-48,51-52,61-66,75-76H,5-10,19-22,39-42H2,1-4H3,(H,77,87)(H,78,88)(H,79,85)(H,80,86)(H,81,89)(H,82,90)/t43-,44-,51-,52-,61-,62-,63-,64-/m0/s1. The lowest BCUT2D eigenvalue weighted by atomic mass is 9.83. The number of hydrogen-bond donors (Lipinski definition) is 8. The highest BCUT2D eigenvalue weighted by Crippen LogP contribution is 2.45. The second-order valence-corrected chi connectivity index (χ2v) is 26.0. The molecule has 6 aromatic rings. The Morgan fingerprint density at radius 2 is 0.717 bits per heavy atom. The van der Waals surface area contributed by atoms with Crippen molar-refractivity contribution >= 4 is 47.3 Å². The fourth-order valence-corrected chi connectivity index (χ4v) is 15.0. The third-order valence-electron chi connectivity index (χ3n) is 20.3. The number of likely N-dealkylation sites (tertiary alicyclic amines) is 2. The van der Waals surface area contributed by atoms with E-state index in [0.29, 0.717) is 11.1 Å². The highest BCUT2D eigenvalue weighted by Gasteiger charge is 2.48. The molecule has 18 heteroatoms. The van der Waals surface area contributed by atoms with E-state index in [-0.39, 0.29) is 85.0 Å². The van der Waals surface area contributed by atoms with Crippen LogP contribution in [0.4, 0.5) is 0 Å². The second kappa shape index (κ2) is 27.8. The van der Waals surface area contributed by atoms with Gasteiger partial charge in [0.2, 0.25) is 35.4 Å². The largest absolute Gasteiger partial charge is 0.347 e. The number of carbonyl (C=O) groups excluding carboxylic acids is 8. The summed E-state index contributed by atoms with van der Waals surface area (Å²) in [6.07, 6.45) is 9.21. The Morgan fingerprint density at radius 1 is 0.402 bits per heavy atom. The van der Waals surface area contributed by atoms with Gasteiger partial charge in [-0.15, -0.1) is 0 Å². The van der Waals surface area contributed by atoms with Gasteiger partial charge in [0.05, 0.1) is 24.2 Å². The number of nitrogens with zero attached hydrogens (tertiary/aromatic N) is 2. The zero-order chi connectivity index (χ0) is 64.2. The fraction of sp³-hybridized carbons (Fsp3) is 0.405. The molecule has 6 aliphatic rings. The quantitative estimate of drug-likeness (QED) is 0.0391. The third-order valence-corrected chi connectivity index (χ3v) is 20.3. The van der Waals surface area contributed by atoms with Crippen LogP contribution >= 0.6 is 0 Å². The monoisotopic (exact) mass is 1240 g/mol. The lowest BCUT2D eigenvalue weighted by molar-refractivity contribution is -0.143. The number of benzene rings is 6. The Morgan fingerprint density at radius 3 is 1.03 bits per heavy atom. The molecule has 2 aliphatic heterocycles. The van der Waals surface area contributed by atoms with Crippen LogP contribution < -0.4 is 42.5 Å². The Labute approximate surface area is 538 Å². The lowest BCUT2D eigenvalue weighted by Gasteiger charge is -2.35. The van der Waals surface area contributed by atoms with Gasteiger partial charge in [0, 0.05) is 36.3 Å². The van der Waals surface area contributed by atoms with Crippen molar-refractivity contribution in [1.29, 1.82) is 0 Å². The summed E-state index contributed by atoms with van der Waals surface area (Å²) in [4.78, 5) is 118. The van der Waals surface area contributed by atoms with Crippen molar-refractivity contribution in [2.24, 2.45) is 11.8 Å². The van der Waals surface area contributed by atoms with Crippen molar-refractivity contribution in [3.8, 4) is 33.4 Å². The average Bonchev–Trinajstić information content (AvgIpc) is 1.66. The number of amides is 8. The first-order valence-electron chi connectivity index (χ1n) is 33.0. The SMILES string of the molecule is CN[C@@H](C)C(=O)N[C@H](C(=O)N1C[C@@H](NC(=O)c2ccc(-c3ccc(C(=O)N[C@H]4C[C@@H](C(=O)NC5c6ccccc6-c6ccccc65)N(C(=O)[C@@H](NC(=O)[C@H](C)NC)C5CCCCC5)C4)cc3)cc2)C[C@H]1C(=O)NC1c2ccccc2-c2ccccc21)C1CCCCC1. The van der Waals surface area contributed by atoms with Crippen LogP contribution in [-0.4, -0.2) is 133 Å². The zero-order valence-electron chi connectivity index (χ0n) is 52.8. The molecular weight excluding hydrogens is 1160 g/mol. The Hall–Kier alpha value is -9.00. The molecule has 8 atom stereocenters. The smallest absolute Gasteiger partial charge is 0.251 e. The summed E-state index contributed by atoms with van der Waals surface area (Å²) >= 11 is 0. The minimum Gasteiger partial charge on any atom is -0.347 e. The molecule has 2 saturated carbocycles. The molecule has 8 amide bonds. The maximum Gasteiger partial charge on any atom is 0.251 e. The van der Waals surface area contributed by atoms with E-state index in [1.54, 1.807) is 62.0 Å². The predicted molar refractivity (Wildman–Crippen MR) is 352 cm³/mol. The highest BCUT2D eigenvalue weighted by atomic mass is 16.2. The first-order chi connectivity index (χ1) is 44.7. The molecule has 12 rings (SSSR count). The van der Waals surface area contributed by atoms with Crippen LogP contribution in [0.15, 0.2) is 146 Å². The Bertz CT molecular complexity index is 3420. The molecular formula is C74H84N10O8. The molecule has 4 fully saturated rings. The molecule has 8 N–H and O–H groups in total. The number of hydrogen-bond acceptors (Lipinski definition) is 10. The highest BCUT2D eigenvalue weighted by molar-refractivity contribution is 5.99. The van der Waals surface area contributed by atoms with E-state index in [2.05, 4.69) is 42.5 Å². The molecule has 0 unspecified atom stereocenters. The molecule has 18 nitrogen and oxygen atoms in total. The molecule has 0 bridgehead atoms. The minimum absolute atomic E-state index is 0.0642. The Balaban J connectivity index is 0.732. The van der Waals surface area contributed by atoms with E-state index >= 15 is 9.59 Å². The van der Waals surface area contributed by atoms with E-state index in [1.807, 2.05) is 121 Å². The molecule has 0 aromatic heterocycles. The van der Waals surface area contributed by atoms with Gasteiger partial charge in [0.15, 0.2) is 0 Å². The molecule has 6 aromatic carbocycles. The molecule has 92 heavy (non-hydrogen) atoms. The second-order valence-electron chi connectivity index (χ2n) is 26.0. The van der Waals surface area contributed by atoms with Crippen LogP contribution in [0, 0.1) is 11.8 Å². The number of rotatable bonds is 19. The maximum atomic E-state index is 15.1. The summed E-state index contributed by atoms with van der Waals surface area (Å²) in [5, 5.41) is 25.0. The summed E-state index contributed by atoms with van der Waals surface area (Å²) in [6.45, 7) is 3.62. The molecule has 0 spiro atoms. The summed E-state index contributed by atoms with van der Waals surface area (Å²) < 4.78 is 0. The van der Waals surface area contributed by atoms with Gasteiger partial charge in [-0.25, -0.2) is 0 Å². The molecule has 4 aliphatic carbocycles. The van der Waals surface area contributed by atoms with Crippen LogP contribution in [-0.2, 0) is 28.8 Å². The first kappa shape index (κ1) is 63.2. The van der Waals surface area contributed by atoms with Crippen LogP contribution in [0.5, 0.6) is 0 Å². The first-order valence-corrected chi connectivity index (χ1v) is 33.0. The van der Waals surface area contributed by atoms with Crippen molar-refractivity contribution in [3.63, 3.8) is 0 Å². The van der Waals surface area contributed by atoms with E-state index in [4.69, 9.17) is 0 Å². The molecule has 2 saturated heterocycles. The van der Waals surface area contributed by atoms with E-state index in [9.17, 15) is 28.8 Å². The van der Waals surface area contributed by atoms with Crippen molar-refractivity contribution in [2.75, 3.05) is 27.2 Å². The summed E-state index contributed by atoms with van der Waals surface area (Å²) in [6, 6.07) is 39.3. The van der Waals surface area contributed by atoms with Crippen molar-refractivity contribution < 1.29 is 38.4 Å². The summed E-state index contributed by atoms with van der Waals surface area (Å²) in [5.41, 5.74) is 10.3. The van der Waals surface area contributed by atoms with Gasteiger partial charge < -0.3 is 52.3 Å². The summed E-state index contributed by atoms with van der Waals surface area (Å²) in [7, 11) is 3.39. The van der Waals surface area contributed by atoms with Gasteiger partial charge in [0.25, 0.3) is 11.8 Å². The van der Waals surface area contributed by atoms with Crippen LogP contribution in [0.1, 0.15) is 146 Å². The maximum absolute atomic E-state index is 15.1. The zero-order valence-corrected chi connectivity index (χ0v) is 52.8. The van der Waals surface area contributed by atoms with Crippen molar-refractivity contribution in [1.82, 2.24) is 52.3 Å². The lowest BCUT2D eigenvalue weighted by Crippen LogP contribution is -2.58. The van der Waals surface area contributed by atoms with E-state index < -0.39 is 60.4 Å². The summed E-state index contributed by atoms with van der Waals surface area (Å²) in [5.74, 6) is -2.94. The van der Waals surface area contributed by atoms with Crippen molar-refractivity contribution in [3.05, 3.63) is 179 Å². The predicted octanol–water partition coefficient (Wildman–Crippen LogP) is 7.87. The van der Waals surface area contributed by atoms with Gasteiger partial charge in [0.1, 0.15) is 24.2 Å². The average molecular weight is 1240 g/mol. The fourth-order valence-electron chi connectivity index (χ4n) is 15.0. The van der Waals surface area contributed by atoms with E-state index in [0.717, 1.165) is 120 Å². The van der Waals surface area contributed by atoms with Crippen LogP contribution in [0.3, 0.4) is 0 Å². The number of nitrogens with one attached hydrogen (secondary N) is 8. The molecule has 0 radical (unpaired) electrons. The van der Waals surface area contributed by atoms with E-state index in [1.165, 1.54) is 0 Å². The number of carbonyl (C=O) groups is 8. The van der Waals surface area contributed by atoms with Gasteiger partial charge in [-0.05, 0) is 158 Å². The Kier molecular flexibility index (Phi) is 19.1. The van der Waals surface area contributed by atoms with Gasteiger partial charge in [-0.2, -0.15) is 0 Å². The topological polar surface area (TPSA) is 239 Å². The van der Waals surface area contributed by atoms with Gasteiger partial charge >= 0.3 is 0 Å². The molecule has 2 heterocycles. The number of likely N-dealkylation sites (N-methyl/N-ethyl adjacent to an activating group) is 2.